The van der Waals surface area contributed by atoms with Crippen molar-refractivity contribution in [3.63, 3.8) is 0 Å². The minimum Gasteiger partial charge on any atom is -0.0991 e. The Morgan fingerprint density at radius 3 is 2.44 bits per heavy atom. The van der Waals surface area contributed by atoms with E-state index in [1.54, 1.807) is 0 Å². The van der Waals surface area contributed by atoms with Crippen molar-refractivity contribution in [2.75, 3.05) is 0 Å². The van der Waals surface area contributed by atoms with Gasteiger partial charge in [0.15, 0.2) is 0 Å². The molecule has 0 heteroatoms. The minimum absolute atomic E-state index is 1.06. The third-order valence-corrected chi connectivity index (χ3v) is 3.65. The van der Waals surface area contributed by atoms with E-state index in [4.69, 9.17) is 0 Å². The van der Waals surface area contributed by atoms with Crippen molar-refractivity contribution in [2.45, 2.75) is 57.8 Å². The first-order valence-corrected chi connectivity index (χ1v) is 6.81. The highest BCUT2D eigenvalue weighted by atomic mass is 14.2. The van der Waals surface area contributed by atoms with Crippen molar-refractivity contribution in [3.8, 4) is 0 Å². The second-order valence-corrected chi connectivity index (χ2v) is 4.93. The summed E-state index contributed by atoms with van der Waals surface area (Å²) in [5.41, 5.74) is 1.33. The summed E-state index contributed by atoms with van der Waals surface area (Å²) in [5.74, 6) is 1.06. The third-order valence-electron chi connectivity index (χ3n) is 3.65. The van der Waals surface area contributed by atoms with Gasteiger partial charge in [0, 0.05) is 0 Å². The van der Waals surface area contributed by atoms with Crippen molar-refractivity contribution >= 4 is 0 Å². The standard InChI is InChI=1S/C16H26/c1-3-10-15(4-2)11-6-5-7-12-16-13-8-9-14-16/h3-4,10,16H,1-2,5-9,11-14H2/b15-10+. The normalized spacial score (nSPS) is 17.6. The molecule has 0 aromatic rings. The second kappa shape index (κ2) is 8.38. The van der Waals surface area contributed by atoms with Gasteiger partial charge >= 0.3 is 0 Å². The largest absolute Gasteiger partial charge is 0.0991 e. The van der Waals surface area contributed by atoms with E-state index in [1.165, 1.54) is 63.4 Å². The average molecular weight is 218 g/mol. The quantitative estimate of drug-likeness (QED) is 0.376. The van der Waals surface area contributed by atoms with Crippen LogP contribution in [0, 0.1) is 5.92 Å². The van der Waals surface area contributed by atoms with Crippen molar-refractivity contribution < 1.29 is 0 Å². The van der Waals surface area contributed by atoms with Crippen LogP contribution in [0.15, 0.2) is 37.0 Å². The molecule has 0 atom stereocenters. The molecule has 90 valence electrons. The van der Waals surface area contributed by atoms with E-state index in [2.05, 4.69) is 19.2 Å². The van der Waals surface area contributed by atoms with E-state index in [0.29, 0.717) is 0 Å². The van der Waals surface area contributed by atoms with Crippen molar-refractivity contribution in [3.05, 3.63) is 37.0 Å². The second-order valence-electron chi connectivity index (χ2n) is 4.93. The summed E-state index contributed by atoms with van der Waals surface area (Å²) < 4.78 is 0. The molecule has 0 heterocycles. The summed E-state index contributed by atoms with van der Waals surface area (Å²) in [4.78, 5) is 0. The topological polar surface area (TPSA) is 0 Å². The molecule has 0 radical (unpaired) electrons. The number of hydrogen-bond acceptors (Lipinski definition) is 0. The van der Waals surface area contributed by atoms with E-state index in [-0.39, 0.29) is 0 Å². The first-order valence-electron chi connectivity index (χ1n) is 6.81. The zero-order valence-corrected chi connectivity index (χ0v) is 10.6. The molecule has 1 saturated carbocycles. The van der Waals surface area contributed by atoms with Crippen LogP contribution in [0.4, 0.5) is 0 Å². The van der Waals surface area contributed by atoms with Crippen LogP contribution in [0.2, 0.25) is 0 Å². The minimum atomic E-state index is 1.06. The molecule has 0 unspecified atom stereocenters. The third kappa shape index (κ3) is 5.34. The fraction of sp³-hybridized carbons (Fsp3) is 0.625. The lowest BCUT2D eigenvalue weighted by Gasteiger charge is -2.08. The zero-order chi connectivity index (χ0) is 11.6. The first kappa shape index (κ1) is 13.3. The summed E-state index contributed by atoms with van der Waals surface area (Å²) in [6.07, 6.45) is 18.6. The van der Waals surface area contributed by atoms with E-state index in [0.717, 1.165) is 5.92 Å². The summed E-state index contributed by atoms with van der Waals surface area (Å²) in [6.45, 7) is 7.55. The van der Waals surface area contributed by atoms with Crippen LogP contribution in [0.3, 0.4) is 0 Å². The van der Waals surface area contributed by atoms with Crippen LogP contribution in [0.1, 0.15) is 57.8 Å². The summed E-state index contributed by atoms with van der Waals surface area (Å²) in [5, 5.41) is 0. The summed E-state index contributed by atoms with van der Waals surface area (Å²) in [6, 6.07) is 0. The van der Waals surface area contributed by atoms with Crippen molar-refractivity contribution in [2.24, 2.45) is 5.92 Å². The molecule has 1 aliphatic rings. The molecule has 0 aromatic carbocycles. The Hall–Kier alpha value is -0.780. The number of rotatable bonds is 8. The molecule has 0 amide bonds. The number of allylic oxidation sites excluding steroid dienone is 4. The van der Waals surface area contributed by atoms with Gasteiger partial charge in [0.05, 0.1) is 0 Å². The molecule has 0 bridgehead atoms. The van der Waals surface area contributed by atoms with Gasteiger partial charge in [-0.25, -0.2) is 0 Å². The van der Waals surface area contributed by atoms with Gasteiger partial charge in [-0.15, -0.1) is 0 Å². The first-order chi connectivity index (χ1) is 7.86. The van der Waals surface area contributed by atoms with Gasteiger partial charge in [-0.3, -0.25) is 0 Å². The lowest BCUT2D eigenvalue weighted by Crippen LogP contribution is -1.92. The van der Waals surface area contributed by atoms with E-state index in [1.807, 2.05) is 12.2 Å². The van der Waals surface area contributed by atoms with Crippen LogP contribution in [0.5, 0.6) is 0 Å². The Kier molecular flexibility index (Phi) is 6.96. The highest BCUT2D eigenvalue weighted by Crippen LogP contribution is 2.29. The van der Waals surface area contributed by atoms with Gasteiger partial charge in [-0.2, -0.15) is 0 Å². The smallest absolute Gasteiger partial charge is 0.0279 e. The highest BCUT2D eigenvalue weighted by Gasteiger charge is 2.13. The number of hydrogen-bond donors (Lipinski definition) is 0. The molecule has 1 rings (SSSR count). The predicted molar refractivity (Wildman–Crippen MR) is 73.5 cm³/mol. The summed E-state index contributed by atoms with van der Waals surface area (Å²) in [7, 11) is 0. The van der Waals surface area contributed by atoms with E-state index in [9.17, 15) is 0 Å². The Balaban J connectivity index is 2.00. The molecular formula is C16H26. The molecule has 1 aliphatic carbocycles. The van der Waals surface area contributed by atoms with Gasteiger partial charge < -0.3 is 0 Å². The lowest BCUT2D eigenvalue weighted by atomic mass is 9.98. The maximum atomic E-state index is 3.83. The molecule has 0 aliphatic heterocycles. The van der Waals surface area contributed by atoms with Crippen LogP contribution < -0.4 is 0 Å². The van der Waals surface area contributed by atoms with Crippen molar-refractivity contribution in [1.29, 1.82) is 0 Å². The molecule has 1 fully saturated rings. The molecule has 0 saturated heterocycles. The monoisotopic (exact) mass is 218 g/mol. The van der Waals surface area contributed by atoms with Gasteiger partial charge in [0.2, 0.25) is 0 Å². The van der Waals surface area contributed by atoms with Gasteiger partial charge in [-0.05, 0) is 24.3 Å². The molecule has 0 spiro atoms. The molecule has 16 heavy (non-hydrogen) atoms. The van der Waals surface area contributed by atoms with Gasteiger partial charge in [0.1, 0.15) is 0 Å². The Labute approximate surface area is 101 Å². The van der Waals surface area contributed by atoms with Gasteiger partial charge in [0.25, 0.3) is 0 Å². The SMILES string of the molecule is C=C/C=C(\C=C)CCCCCC1CCCC1. The maximum absolute atomic E-state index is 3.83. The van der Waals surface area contributed by atoms with E-state index >= 15 is 0 Å². The van der Waals surface area contributed by atoms with Gasteiger partial charge in [-0.1, -0.05) is 76.3 Å². The summed E-state index contributed by atoms with van der Waals surface area (Å²) >= 11 is 0. The van der Waals surface area contributed by atoms with Crippen LogP contribution in [0.25, 0.3) is 0 Å². The molecule has 0 nitrogen and oxygen atoms in total. The fourth-order valence-corrected chi connectivity index (χ4v) is 2.64. The maximum Gasteiger partial charge on any atom is -0.0279 e. The van der Waals surface area contributed by atoms with Crippen LogP contribution >= 0.6 is 0 Å². The Morgan fingerprint density at radius 1 is 1.06 bits per heavy atom. The molecule has 0 N–H and O–H groups in total. The fourth-order valence-electron chi connectivity index (χ4n) is 2.64. The Bertz CT molecular complexity index is 228. The van der Waals surface area contributed by atoms with Crippen LogP contribution in [-0.2, 0) is 0 Å². The zero-order valence-electron chi connectivity index (χ0n) is 10.6. The molecular weight excluding hydrogens is 192 g/mol. The predicted octanol–water partition coefficient (Wildman–Crippen LogP) is 5.43. The average Bonchev–Trinajstić information content (AvgIpc) is 2.80. The Morgan fingerprint density at radius 2 is 1.81 bits per heavy atom. The highest BCUT2D eigenvalue weighted by molar-refractivity contribution is 5.20. The van der Waals surface area contributed by atoms with E-state index < -0.39 is 0 Å². The van der Waals surface area contributed by atoms with Crippen molar-refractivity contribution in [1.82, 2.24) is 0 Å². The van der Waals surface area contributed by atoms with Crippen LogP contribution in [-0.4, -0.2) is 0 Å². The number of unbranched alkanes of at least 4 members (excludes halogenated alkanes) is 2. The lowest BCUT2D eigenvalue weighted by molar-refractivity contribution is 0.468. The molecule has 0 aromatic heterocycles.